The van der Waals surface area contributed by atoms with Crippen LogP contribution in [0.5, 0.6) is 0 Å². The molecule has 0 saturated carbocycles. The Balaban J connectivity index is 1.59. The van der Waals surface area contributed by atoms with Crippen molar-refractivity contribution < 1.29 is 13.9 Å². The highest BCUT2D eigenvalue weighted by molar-refractivity contribution is 6.76. The van der Waals surface area contributed by atoms with Crippen LogP contribution in [0, 0.1) is 0 Å². The predicted molar refractivity (Wildman–Crippen MR) is 117 cm³/mol. The Labute approximate surface area is 172 Å². The monoisotopic (exact) mass is 414 g/mol. The number of pyridine rings is 1. The molecule has 29 heavy (non-hydrogen) atoms. The van der Waals surface area contributed by atoms with Crippen molar-refractivity contribution in [2.75, 3.05) is 25.1 Å². The number of hydrogen-bond donors (Lipinski definition) is 1. The van der Waals surface area contributed by atoms with Gasteiger partial charge in [0, 0.05) is 51.6 Å². The molecule has 1 aliphatic heterocycles. The van der Waals surface area contributed by atoms with Crippen LogP contribution in [0.1, 0.15) is 12.8 Å². The SMILES string of the molecule is C[Si](C)(C)CCOCn1c(-c2cnco2)cc2cnc(NC3CCOCC3)cc21. The van der Waals surface area contributed by atoms with E-state index >= 15 is 0 Å². The zero-order valence-corrected chi connectivity index (χ0v) is 18.5. The number of aromatic nitrogens is 3. The van der Waals surface area contributed by atoms with Crippen LogP contribution < -0.4 is 5.32 Å². The van der Waals surface area contributed by atoms with Gasteiger partial charge in [-0.05, 0) is 25.0 Å². The van der Waals surface area contributed by atoms with Gasteiger partial charge in [-0.3, -0.25) is 0 Å². The van der Waals surface area contributed by atoms with Gasteiger partial charge in [0.2, 0.25) is 0 Å². The molecule has 1 aliphatic rings. The molecule has 0 spiro atoms. The molecule has 0 aromatic carbocycles. The van der Waals surface area contributed by atoms with Gasteiger partial charge < -0.3 is 23.8 Å². The summed E-state index contributed by atoms with van der Waals surface area (Å²) in [5.41, 5.74) is 2.03. The molecule has 1 fully saturated rings. The Morgan fingerprint density at radius 2 is 2.03 bits per heavy atom. The fraction of sp³-hybridized carbons (Fsp3) is 0.524. The molecule has 4 heterocycles. The number of ether oxygens (including phenoxy) is 2. The second kappa shape index (κ2) is 8.69. The fourth-order valence-electron chi connectivity index (χ4n) is 3.50. The van der Waals surface area contributed by atoms with Crippen LogP contribution >= 0.6 is 0 Å². The van der Waals surface area contributed by atoms with Crippen molar-refractivity contribution in [3.05, 3.63) is 30.9 Å². The largest absolute Gasteiger partial charge is 0.442 e. The lowest BCUT2D eigenvalue weighted by atomic mass is 10.1. The normalized spacial score (nSPS) is 15.8. The molecule has 0 bridgehead atoms. The van der Waals surface area contributed by atoms with E-state index in [4.69, 9.17) is 13.9 Å². The van der Waals surface area contributed by atoms with Crippen molar-refractivity contribution in [3.8, 4) is 11.5 Å². The van der Waals surface area contributed by atoms with Gasteiger partial charge in [0.15, 0.2) is 12.2 Å². The van der Waals surface area contributed by atoms with E-state index in [1.807, 2.05) is 6.20 Å². The summed E-state index contributed by atoms with van der Waals surface area (Å²) >= 11 is 0. The van der Waals surface area contributed by atoms with Crippen LogP contribution in [0.3, 0.4) is 0 Å². The fourth-order valence-corrected chi connectivity index (χ4v) is 4.26. The summed E-state index contributed by atoms with van der Waals surface area (Å²) in [6.45, 7) is 9.94. The van der Waals surface area contributed by atoms with E-state index in [1.165, 1.54) is 6.39 Å². The molecular formula is C21H30N4O3Si. The van der Waals surface area contributed by atoms with Gasteiger partial charge in [0.1, 0.15) is 12.5 Å². The van der Waals surface area contributed by atoms with E-state index in [2.05, 4.69) is 51.6 Å². The number of nitrogens with one attached hydrogen (secondary N) is 1. The van der Waals surface area contributed by atoms with Crippen molar-refractivity contribution in [1.82, 2.24) is 14.5 Å². The zero-order chi connectivity index (χ0) is 20.3. The van der Waals surface area contributed by atoms with Crippen LogP contribution in [-0.4, -0.2) is 48.5 Å². The Morgan fingerprint density at radius 1 is 1.21 bits per heavy atom. The van der Waals surface area contributed by atoms with Gasteiger partial charge in [-0.2, -0.15) is 0 Å². The average molecular weight is 415 g/mol. The lowest BCUT2D eigenvalue weighted by molar-refractivity contribution is 0.0903. The highest BCUT2D eigenvalue weighted by atomic mass is 28.3. The third kappa shape index (κ3) is 5.06. The molecule has 0 atom stereocenters. The molecule has 0 aliphatic carbocycles. The molecule has 0 unspecified atom stereocenters. The summed E-state index contributed by atoms with van der Waals surface area (Å²) in [7, 11) is -1.13. The molecule has 0 amide bonds. The molecule has 3 aromatic heterocycles. The standard InChI is InChI=1S/C21H30N4O3Si/c1-29(2,3)9-8-27-15-25-18-11-21(24-17-4-6-26-7-5-17)23-12-16(18)10-19(25)20-13-22-14-28-20/h10-14,17H,4-9,15H2,1-3H3,(H,23,24). The van der Waals surface area contributed by atoms with Crippen LogP contribution in [0.25, 0.3) is 22.4 Å². The Bertz CT molecular complexity index is 927. The minimum absolute atomic E-state index is 0.402. The van der Waals surface area contributed by atoms with E-state index in [0.717, 1.165) is 66.9 Å². The molecule has 1 saturated heterocycles. The van der Waals surface area contributed by atoms with Gasteiger partial charge in [-0.25, -0.2) is 9.97 Å². The zero-order valence-electron chi connectivity index (χ0n) is 17.5. The second-order valence-corrected chi connectivity index (χ2v) is 14.5. The Morgan fingerprint density at radius 3 is 2.76 bits per heavy atom. The van der Waals surface area contributed by atoms with Crippen molar-refractivity contribution in [2.45, 2.75) is 51.3 Å². The second-order valence-electron chi connectivity index (χ2n) is 8.83. The highest BCUT2D eigenvalue weighted by Crippen LogP contribution is 2.29. The third-order valence-corrected chi connectivity index (χ3v) is 6.96. The van der Waals surface area contributed by atoms with Crippen molar-refractivity contribution >= 4 is 24.8 Å². The van der Waals surface area contributed by atoms with E-state index in [0.29, 0.717) is 12.8 Å². The number of rotatable bonds is 8. The number of hydrogen-bond acceptors (Lipinski definition) is 6. The molecule has 4 rings (SSSR count). The van der Waals surface area contributed by atoms with E-state index < -0.39 is 8.07 Å². The molecule has 3 aromatic rings. The molecule has 7 nitrogen and oxygen atoms in total. The minimum Gasteiger partial charge on any atom is -0.442 e. The number of oxazole rings is 1. The molecule has 156 valence electrons. The van der Waals surface area contributed by atoms with Gasteiger partial charge in [-0.15, -0.1) is 0 Å². The molecule has 1 N–H and O–H groups in total. The van der Waals surface area contributed by atoms with Crippen LogP contribution in [0.2, 0.25) is 25.7 Å². The van der Waals surface area contributed by atoms with Crippen LogP contribution in [-0.2, 0) is 16.2 Å². The quantitative estimate of drug-likeness (QED) is 0.429. The van der Waals surface area contributed by atoms with E-state index in [-0.39, 0.29) is 0 Å². The number of nitrogens with zero attached hydrogens (tertiary/aromatic N) is 3. The minimum atomic E-state index is -1.13. The highest BCUT2D eigenvalue weighted by Gasteiger charge is 2.18. The van der Waals surface area contributed by atoms with Crippen molar-refractivity contribution in [2.24, 2.45) is 0 Å². The third-order valence-electron chi connectivity index (χ3n) is 5.26. The first-order valence-corrected chi connectivity index (χ1v) is 14.0. The Hall–Kier alpha value is -2.16. The first-order valence-electron chi connectivity index (χ1n) is 10.3. The van der Waals surface area contributed by atoms with E-state index in [1.54, 1.807) is 6.20 Å². The van der Waals surface area contributed by atoms with Crippen molar-refractivity contribution in [1.29, 1.82) is 0 Å². The van der Waals surface area contributed by atoms with E-state index in [9.17, 15) is 0 Å². The number of anilines is 1. The van der Waals surface area contributed by atoms with Gasteiger partial charge >= 0.3 is 0 Å². The van der Waals surface area contributed by atoms with Gasteiger partial charge in [0.05, 0.1) is 17.4 Å². The average Bonchev–Trinajstić information content (AvgIpc) is 3.33. The number of fused-ring (bicyclic) bond motifs is 1. The van der Waals surface area contributed by atoms with Gasteiger partial charge in [0.25, 0.3) is 0 Å². The summed E-state index contributed by atoms with van der Waals surface area (Å²) in [6, 6.07) is 5.73. The lowest BCUT2D eigenvalue weighted by Crippen LogP contribution is -2.28. The lowest BCUT2D eigenvalue weighted by Gasteiger charge is -2.23. The summed E-state index contributed by atoms with van der Waals surface area (Å²) in [5.74, 6) is 1.61. The smallest absolute Gasteiger partial charge is 0.181 e. The van der Waals surface area contributed by atoms with Gasteiger partial charge in [-0.1, -0.05) is 19.6 Å². The summed E-state index contributed by atoms with van der Waals surface area (Å²) in [6.07, 6.45) is 7.12. The maximum atomic E-state index is 6.07. The van der Waals surface area contributed by atoms with Crippen LogP contribution in [0.15, 0.2) is 35.3 Å². The topological polar surface area (TPSA) is 74.3 Å². The summed E-state index contributed by atoms with van der Waals surface area (Å²) in [4.78, 5) is 8.70. The Kier molecular flexibility index (Phi) is 6.03. The summed E-state index contributed by atoms with van der Waals surface area (Å²) in [5, 5.41) is 4.61. The molecule has 0 radical (unpaired) electrons. The maximum Gasteiger partial charge on any atom is 0.181 e. The van der Waals surface area contributed by atoms with Crippen molar-refractivity contribution in [3.63, 3.8) is 0 Å². The summed E-state index contributed by atoms with van der Waals surface area (Å²) < 4.78 is 19.2. The first kappa shape index (κ1) is 20.1. The molecular weight excluding hydrogens is 384 g/mol. The predicted octanol–water partition coefficient (Wildman–Crippen LogP) is 4.59. The first-order chi connectivity index (χ1) is 14.0. The maximum absolute atomic E-state index is 6.07. The molecule has 8 heteroatoms. The van der Waals surface area contributed by atoms with Crippen LogP contribution in [0.4, 0.5) is 5.82 Å².